The minimum atomic E-state index is -4.51. The van der Waals surface area contributed by atoms with E-state index in [0.29, 0.717) is 0 Å². The van der Waals surface area contributed by atoms with Crippen molar-refractivity contribution in [2.45, 2.75) is 35.8 Å². The van der Waals surface area contributed by atoms with Gasteiger partial charge in [0.2, 0.25) is 10.0 Å². The molecule has 0 amide bonds. The number of sulfonamides is 1. The minimum absolute atomic E-state index is 0.00826. The average molecular weight is 494 g/mol. The second kappa shape index (κ2) is 9.27. The number of benzene rings is 2. The molecule has 0 aliphatic carbocycles. The van der Waals surface area contributed by atoms with E-state index in [4.69, 9.17) is 4.74 Å². The SMILES string of the molecule is CCOC(=O)C(NS(=O)(=O)c1ccc(C)cc1)C(Br)c1ccc(C(F)(F)F)cc1. The highest BCUT2D eigenvalue weighted by atomic mass is 79.9. The molecule has 0 heterocycles. The van der Waals surface area contributed by atoms with Gasteiger partial charge in [0.1, 0.15) is 6.04 Å². The molecular formula is C19H19BrF3NO4S. The summed E-state index contributed by atoms with van der Waals surface area (Å²) in [6.07, 6.45) is -4.51. The van der Waals surface area contributed by atoms with E-state index in [0.717, 1.165) is 17.7 Å². The highest BCUT2D eigenvalue weighted by Crippen LogP contribution is 2.33. The minimum Gasteiger partial charge on any atom is -0.465 e. The maximum absolute atomic E-state index is 12.8. The molecule has 0 aliphatic rings. The molecule has 0 spiro atoms. The Morgan fingerprint density at radius 1 is 1.10 bits per heavy atom. The molecule has 2 unspecified atom stereocenters. The molecule has 0 bridgehead atoms. The number of nitrogens with one attached hydrogen (secondary N) is 1. The zero-order chi connectivity index (χ0) is 21.8. The second-order valence-corrected chi connectivity index (χ2v) is 8.89. The van der Waals surface area contributed by atoms with Gasteiger partial charge in [-0.15, -0.1) is 0 Å². The van der Waals surface area contributed by atoms with Gasteiger partial charge in [0.15, 0.2) is 0 Å². The molecular weight excluding hydrogens is 475 g/mol. The predicted octanol–water partition coefficient (Wildman–Crippen LogP) is 4.36. The van der Waals surface area contributed by atoms with Crippen LogP contribution in [0.4, 0.5) is 13.2 Å². The van der Waals surface area contributed by atoms with Crippen molar-refractivity contribution < 1.29 is 31.1 Å². The molecule has 5 nitrogen and oxygen atoms in total. The number of ether oxygens (including phenoxy) is 1. The quantitative estimate of drug-likeness (QED) is 0.459. The summed E-state index contributed by atoms with van der Waals surface area (Å²) in [7, 11) is -4.08. The molecule has 2 rings (SSSR count). The lowest BCUT2D eigenvalue weighted by Crippen LogP contribution is -2.44. The van der Waals surface area contributed by atoms with Crippen LogP contribution >= 0.6 is 15.9 Å². The first-order valence-electron chi connectivity index (χ1n) is 8.52. The van der Waals surface area contributed by atoms with Crippen LogP contribution < -0.4 is 4.72 Å². The van der Waals surface area contributed by atoms with Crippen LogP contribution in [-0.2, 0) is 25.7 Å². The molecule has 0 aromatic heterocycles. The first-order valence-corrected chi connectivity index (χ1v) is 10.9. The van der Waals surface area contributed by atoms with E-state index in [9.17, 15) is 26.4 Å². The van der Waals surface area contributed by atoms with Crippen molar-refractivity contribution in [2.75, 3.05) is 6.61 Å². The third kappa shape index (κ3) is 6.03. The summed E-state index contributed by atoms with van der Waals surface area (Å²) in [6, 6.07) is 8.68. The molecule has 29 heavy (non-hydrogen) atoms. The van der Waals surface area contributed by atoms with Crippen molar-refractivity contribution in [3.05, 3.63) is 65.2 Å². The monoisotopic (exact) mass is 493 g/mol. The summed E-state index contributed by atoms with van der Waals surface area (Å²) in [4.78, 5) is 11.4. The van der Waals surface area contributed by atoms with Gasteiger partial charge in [-0.25, -0.2) is 8.42 Å². The van der Waals surface area contributed by atoms with E-state index in [1.54, 1.807) is 26.0 Å². The fourth-order valence-corrected chi connectivity index (χ4v) is 4.49. The number of rotatable bonds is 7. The van der Waals surface area contributed by atoms with Gasteiger partial charge in [-0.3, -0.25) is 4.79 Å². The van der Waals surface area contributed by atoms with Crippen molar-refractivity contribution >= 4 is 31.9 Å². The molecule has 0 fully saturated rings. The Hall–Kier alpha value is -1.91. The van der Waals surface area contributed by atoms with Gasteiger partial charge in [0.25, 0.3) is 0 Å². The van der Waals surface area contributed by atoms with Crippen LogP contribution in [0.1, 0.15) is 28.4 Å². The van der Waals surface area contributed by atoms with Gasteiger partial charge in [-0.05, 0) is 43.7 Å². The fraction of sp³-hybridized carbons (Fsp3) is 0.316. The lowest BCUT2D eigenvalue weighted by Gasteiger charge is -2.23. The highest BCUT2D eigenvalue weighted by molar-refractivity contribution is 9.09. The van der Waals surface area contributed by atoms with Crippen LogP contribution in [0.5, 0.6) is 0 Å². The lowest BCUT2D eigenvalue weighted by molar-refractivity contribution is -0.145. The van der Waals surface area contributed by atoms with Crippen molar-refractivity contribution in [1.82, 2.24) is 4.72 Å². The van der Waals surface area contributed by atoms with Gasteiger partial charge in [-0.1, -0.05) is 45.8 Å². The van der Waals surface area contributed by atoms with E-state index in [1.807, 2.05) is 0 Å². The van der Waals surface area contributed by atoms with Gasteiger partial charge in [0, 0.05) is 0 Å². The molecule has 0 aliphatic heterocycles. The van der Waals surface area contributed by atoms with Crippen molar-refractivity contribution in [1.29, 1.82) is 0 Å². The number of carbonyl (C=O) groups excluding carboxylic acids is 1. The van der Waals surface area contributed by atoms with Gasteiger partial charge < -0.3 is 4.74 Å². The standard InChI is InChI=1S/C19H19BrF3NO4S/c1-3-28-18(25)17(24-29(26,27)15-10-4-12(2)5-11-15)16(20)13-6-8-14(9-7-13)19(21,22)23/h4-11,16-17,24H,3H2,1-2H3. The first kappa shape index (κ1) is 23.4. The first-order chi connectivity index (χ1) is 13.5. The topological polar surface area (TPSA) is 72.5 Å². The summed E-state index contributed by atoms with van der Waals surface area (Å²) in [5.41, 5.74) is 0.283. The van der Waals surface area contributed by atoms with E-state index in [2.05, 4.69) is 20.7 Å². The third-order valence-corrected chi connectivity index (χ3v) is 6.52. The zero-order valence-corrected chi connectivity index (χ0v) is 17.9. The largest absolute Gasteiger partial charge is 0.465 e. The molecule has 0 saturated heterocycles. The average Bonchev–Trinajstić information content (AvgIpc) is 2.65. The maximum atomic E-state index is 12.8. The Bertz CT molecular complexity index is 945. The highest BCUT2D eigenvalue weighted by Gasteiger charge is 2.35. The maximum Gasteiger partial charge on any atom is 0.416 e. The molecule has 0 saturated carbocycles. The van der Waals surface area contributed by atoms with Gasteiger partial charge in [-0.2, -0.15) is 17.9 Å². The lowest BCUT2D eigenvalue weighted by atomic mass is 10.0. The molecule has 0 radical (unpaired) electrons. The van der Waals surface area contributed by atoms with Crippen molar-refractivity contribution in [3.63, 3.8) is 0 Å². The summed E-state index contributed by atoms with van der Waals surface area (Å²) in [5.74, 6) is -0.857. The van der Waals surface area contributed by atoms with Crippen LogP contribution in [0.15, 0.2) is 53.4 Å². The van der Waals surface area contributed by atoms with Crippen LogP contribution in [-0.4, -0.2) is 27.0 Å². The predicted molar refractivity (Wildman–Crippen MR) is 105 cm³/mol. The van der Waals surface area contributed by atoms with Crippen LogP contribution in [0.3, 0.4) is 0 Å². The van der Waals surface area contributed by atoms with Gasteiger partial charge >= 0.3 is 12.1 Å². The Labute approximate surface area is 175 Å². The second-order valence-electron chi connectivity index (χ2n) is 6.19. The van der Waals surface area contributed by atoms with E-state index < -0.39 is 38.6 Å². The summed E-state index contributed by atoms with van der Waals surface area (Å²) < 4.78 is 70.9. The van der Waals surface area contributed by atoms with Crippen LogP contribution in [0.2, 0.25) is 0 Å². The number of hydrogen-bond donors (Lipinski definition) is 1. The third-order valence-electron chi connectivity index (χ3n) is 4.00. The smallest absolute Gasteiger partial charge is 0.416 e. The molecule has 2 atom stereocenters. The van der Waals surface area contributed by atoms with Gasteiger partial charge in [0.05, 0.1) is 21.9 Å². The Morgan fingerprint density at radius 2 is 1.66 bits per heavy atom. The number of halogens is 4. The van der Waals surface area contributed by atoms with Crippen molar-refractivity contribution in [2.24, 2.45) is 0 Å². The Kier molecular flexibility index (Phi) is 7.47. The molecule has 1 N–H and O–H groups in total. The normalized spacial score (nSPS) is 14.3. The number of esters is 1. The Balaban J connectivity index is 2.34. The van der Waals surface area contributed by atoms with Crippen molar-refractivity contribution in [3.8, 4) is 0 Å². The zero-order valence-electron chi connectivity index (χ0n) is 15.5. The summed E-state index contributed by atoms with van der Waals surface area (Å²) in [6.45, 7) is 3.36. The summed E-state index contributed by atoms with van der Waals surface area (Å²) >= 11 is 3.23. The van der Waals surface area contributed by atoms with Crippen LogP contribution in [0.25, 0.3) is 0 Å². The molecule has 10 heteroatoms. The fourth-order valence-electron chi connectivity index (χ4n) is 2.46. The van der Waals surface area contributed by atoms with E-state index in [-0.39, 0.29) is 17.1 Å². The number of aryl methyl sites for hydroxylation is 1. The molecule has 158 valence electrons. The number of alkyl halides is 4. The van der Waals surface area contributed by atoms with E-state index in [1.165, 1.54) is 24.3 Å². The van der Waals surface area contributed by atoms with E-state index >= 15 is 0 Å². The summed E-state index contributed by atoms with van der Waals surface area (Å²) in [5, 5.41) is 0. The number of carbonyl (C=O) groups is 1. The Morgan fingerprint density at radius 3 is 2.14 bits per heavy atom. The van der Waals surface area contributed by atoms with Crippen LogP contribution in [0, 0.1) is 6.92 Å². The number of hydrogen-bond acceptors (Lipinski definition) is 4. The molecule has 2 aromatic rings. The molecule has 2 aromatic carbocycles.